The van der Waals surface area contributed by atoms with Crippen LogP contribution in [0.1, 0.15) is 34.3 Å². The van der Waals surface area contributed by atoms with Crippen LogP contribution in [0.25, 0.3) is 10.4 Å². The van der Waals surface area contributed by atoms with Gasteiger partial charge in [0, 0.05) is 29.3 Å². The Bertz CT molecular complexity index is 1010. The predicted molar refractivity (Wildman–Crippen MR) is 124 cm³/mol. The van der Waals surface area contributed by atoms with Crippen LogP contribution in [0.5, 0.6) is 0 Å². The van der Waals surface area contributed by atoms with E-state index < -0.39 is 5.97 Å². The van der Waals surface area contributed by atoms with Gasteiger partial charge < -0.3 is 15.0 Å². The number of unbranched alkanes of at least 4 members (excludes halogenated alkanes) is 1. The van der Waals surface area contributed by atoms with E-state index in [9.17, 15) is 9.59 Å². The number of esters is 1. The van der Waals surface area contributed by atoms with E-state index in [-0.39, 0.29) is 19.0 Å². The third-order valence-corrected chi connectivity index (χ3v) is 4.75. The SMILES string of the molecule is C#CCN(CC(=O)OC)C(=O)c1cccc(NCc2cccc(CCCCN=[N+]=[N-])c2)c1. The molecule has 32 heavy (non-hydrogen) atoms. The van der Waals surface area contributed by atoms with E-state index in [0.29, 0.717) is 18.7 Å². The first-order valence-electron chi connectivity index (χ1n) is 10.3. The molecule has 0 spiro atoms. The number of benzene rings is 2. The van der Waals surface area contributed by atoms with E-state index in [1.807, 2.05) is 18.2 Å². The van der Waals surface area contributed by atoms with Gasteiger partial charge in [0.05, 0.1) is 13.7 Å². The van der Waals surface area contributed by atoms with Crippen LogP contribution in [0.2, 0.25) is 0 Å². The molecule has 166 valence electrons. The van der Waals surface area contributed by atoms with Crippen molar-refractivity contribution in [2.45, 2.75) is 25.8 Å². The lowest BCUT2D eigenvalue weighted by atomic mass is 10.0. The first kappa shape index (κ1) is 24.3. The van der Waals surface area contributed by atoms with Gasteiger partial charge in [-0.2, -0.15) is 0 Å². The third kappa shape index (κ3) is 8.05. The van der Waals surface area contributed by atoms with Crippen LogP contribution in [0.15, 0.2) is 53.6 Å². The van der Waals surface area contributed by atoms with Crippen molar-refractivity contribution in [3.8, 4) is 12.3 Å². The van der Waals surface area contributed by atoms with Crippen molar-refractivity contribution in [3.63, 3.8) is 0 Å². The number of anilines is 1. The topological polar surface area (TPSA) is 107 Å². The van der Waals surface area contributed by atoms with Crippen molar-refractivity contribution in [2.24, 2.45) is 5.11 Å². The van der Waals surface area contributed by atoms with Gasteiger partial charge in [0.2, 0.25) is 0 Å². The molecule has 0 bridgehead atoms. The molecule has 8 heteroatoms. The molecule has 2 aromatic carbocycles. The summed E-state index contributed by atoms with van der Waals surface area (Å²) >= 11 is 0. The van der Waals surface area contributed by atoms with Crippen LogP contribution in [0, 0.1) is 12.3 Å². The van der Waals surface area contributed by atoms with Gasteiger partial charge in [0.15, 0.2) is 0 Å². The number of hydrogen-bond acceptors (Lipinski definition) is 5. The number of nitrogens with zero attached hydrogens (tertiary/aromatic N) is 4. The molecule has 0 aromatic heterocycles. The second-order valence-electron chi connectivity index (χ2n) is 7.11. The number of rotatable bonds is 12. The van der Waals surface area contributed by atoms with Crippen LogP contribution in [-0.2, 0) is 22.5 Å². The normalized spacial score (nSPS) is 9.88. The Balaban J connectivity index is 1.98. The summed E-state index contributed by atoms with van der Waals surface area (Å²) in [6.07, 6.45) is 8.08. The summed E-state index contributed by atoms with van der Waals surface area (Å²) in [6.45, 7) is 0.930. The molecule has 2 rings (SSSR count). The van der Waals surface area contributed by atoms with Crippen molar-refractivity contribution < 1.29 is 14.3 Å². The van der Waals surface area contributed by atoms with E-state index in [0.717, 1.165) is 30.5 Å². The molecule has 1 N–H and O–H groups in total. The molecule has 0 aliphatic carbocycles. The van der Waals surface area contributed by atoms with Gasteiger partial charge >= 0.3 is 5.97 Å². The second-order valence-corrected chi connectivity index (χ2v) is 7.11. The van der Waals surface area contributed by atoms with Gasteiger partial charge in [-0.1, -0.05) is 41.4 Å². The van der Waals surface area contributed by atoms with Crippen LogP contribution < -0.4 is 5.32 Å². The Morgan fingerprint density at radius 1 is 1.19 bits per heavy atom. The van der Waals surface area contributed by atoms with E-state index in [1.165, 1.54) is 17.6 Å². The van der Waals surface area contributed by atoms with Gasteiger partial charge in [-0.15, -0.1) is 6.42 Å². The highest BCUT2D eigenvalue weighted by atomic mass is 16.5. The minimum atomic E-state index is -0.527. The van der Waals surface area contributed by atoms with Gasteiger partial charge in [-0.25, -0.2) is 0 Å². The van der Waals surface area contributed by atoms with Crippen LogP contribution >= 0.6 is 0 Å². The fourth-order valence-corrected chi connectivity index (χ4v) is 3.13. The van der Waals surface area contributed by atoms with E-state index >= 15 is 0 Å². The monoisotopic (exact) mass is 433 g/mol. The van der Waals surface area contributed by atoms with Gasteiger partial charge in [-0.3, -0.25) is 9.59 Å². The van der Waals surface area contributed by atoms with Crippen molar-refractivity contribution in [2.75, 3.05) is 32.1 Å². The molecule has 0 unspecified atom stereocenters. The standard InChI is InChI=1S/C24H27N5O3/c1-3-14-29(18-23(30)32-2)24(31)21-11-7-12-22(16-21)26-17-20-10-6-9-19(15-20)8-4-5-13-27-28-25/h1,6-7,9-12,15-16,26H,4-5,8,13-14,17-18H2,2H3. The third-order valence-electron chi connectivity index (χ3n) is 4.75. The van der Waals surface area contributed by atoms with Crippen molar-refractivity contribution >= 4 is 17.6 Å². The molecule has 2 aromatic rings. The Labute approximate surface area is 188 Å². The fourth-order valence-electron chi connectivity index (χ4n) is 3.13. The zero-order valence-corrected chi connectivity index (χ0v) is 18.2. The molecule has 1 amide bonds. The molecule has 0 aliphatic heterocycles. The number of methoxy groups -OCH3 is 1. The highest BCUT2D eigenvalue weighted by Crippen LogP contribution is 2.15. The summed E-state index contributed by atoms with van der Waals surface area (Å²) in [5, 5.41) is 6.89. The number of amides is 1. The van der Waals surface area contributed by atoms with E-state index in [4.69, 9.17) is 12.0 Å². The van der Waals surface area contributed by atoms with Gasteiger partial charge in [0.25, 0.3) is 5.91 Å². The van der Waals surface area contributed by atoms with Crippen LogP contribution in [0.3, 0.4) is 0 Å². The summed E-state index contributed by atoms with van der Waals surface area (Å²) in [4.78, 5) is 28.4. The minimum Gasteiger partial charge on any atom is -0.468 e. The maximum Gasteiger partial charge on any atom is 0.325 e. The molecule has 8 nitrogen and oxygen atoms in total. The first-order chi connectivity index (χ1) is 15.6. The van der Waals surface area contributed by atoms with Crippen LogP contribution in [0.4, 0.5) is 5.69 Å². The number of aryl methyl sites for hydroxylation is 1. The number of hydrogen-bond donors (Lipinski definition) is 1. The van der Waals surface area contributed by atoms with Gasteiger partial charge in [-0.05, 0) is 54.1 Å². The molecular formula is C24H27N5O3. The molecule has 0 aliphatic rings. The van der Waals surface area contributed by atoms with Crippen molar-refractivity contribution in [1.82, 2.24) is 4.90 Å². The zero-order chi connectivity index (χ0) is 23.2. The maximum absolute atomic E-state index is 12.8. The summed E-state index contributed by atoms with van der Waals surface area (Å²) < 4.78 is 4.64. The lowest BCUT2D eigenvalue weighted by molar-refractivity contribution is -0.141. The molecule has 0 atom stereocenters. The number of carbonyl (C=O) groups is 2. The lowest BCUT2D eigenvalue weighted by Crippen LogP contribution is -2.36. The predicted octanol–water partition coefficient (Wildman–Crippen LogP) is 4.18. The lowest BCUT2D eigenvalue weighted by Gasteiger charge is -2.19. The molecule has 0 fully saturated rings. The average molecular weight is 434 g/mol. The Morgan fingerprint density at radius 3 is 2.72 bits per heavy atom. The Morgan fingerprint density at radius 2 is 1.97 bits per heavy atom. The number of ether oxygens (including phenoxy) is 1. The molecule has 0 radical (unpaired) electrons. The van der Waals surface area contributed by atoms with Crippen molar-refractivity contribution in [1.29, 1.82) is 0 Å². The summed E-state index contributed by atoms with van der Waals surface area (Å²) in [5.41, 5.74) is 11.9. The van der Waals surface area contributed by atoms with E-state index in [1.54, 1.807) is 18.2 Å². The van der Waals surface area contributed by atoms with E-state index in [2.05, 4.69) is 38.1 Å². The molecule has 0 saturated heterocycles. The second kappa shape index (κ2) is 13.4. The first-order valence-corrected chi connectivity index (χ1v) is 10.3. The number of terminal acetylenes is 1. The Kier molecular flexibility index (Phi) is 10.2. The number of carbonyl (C=O) groups excluding carboxylic acids is 2. The summed E-state index contributed by atoms with van der Waals surface area (Å²) in [6, 6.07) is 15.4. The Hall–Kier alpha value is -3.95. The maximum atomic E-state index is 12.8. The van der Waals surface area contributed by atoms with Gasteiger partial charge in [0.1, 0.15) is 6.54 Å². The smallest absolute Gasteiger partial charge is 0.325 e. The number of azide groups is 1. The number of nitrogens with one attached hydrogen (secondary N) is 1. The summed E-state index contributed by atoms with van der Waals surface area (Å²) in [5.74, 6) is 1.54. The van der Waals surface area contributed by atoms with Crippen molar-refractivity contribution in [3.05, 3.63) is 75.7 Å². The minimum absolute atomic E-state index is 0.0151. The zero-order valence-electron chi connectivity index (χ0n) is 18.2. The molecule has 0 heterocycles. The molecular weight excluding hydrogens is 406 g/mol. The van der Waals surface area contributed by atoms with Crippen LogP contribution in [-0.4, -0.2) is 43.5 Å². The molecule has 0 saturated carbocycles. The highest BCUT2D eigenvalue weighted by molar-refractivity contribution is 5.97. The average Bonchev–Trinajstić information content (AvgIpc) is 2.82. The quantitative estimate of drug-likeness (QED) is 0.135. The largest absolute Gasteiger partial charge is 0.468 e. The summed E-state index contributed by atoms with van der Waals surface area (Å²) in [7, 11) is 1.27. The highest BCUT2D eigenvalue weighted by Gasteiger charge is 2.18. The fraction of sp³-hybridized carbons (Fsp3) is 0.333.